The minimum atomic E-state index is -1.31. The van der Waals surface area contributed by atoms with Crippen LogP contribution in [-0.2, 0) is 4.79 Å². The lowest BCUT2D eigenvalue weighted by molar-refractivity contribution is -0.135. The molecule has 0 fully saturated rings. The summed E-state index contributed by atoms with van der Waals surface area (Å²) in [6.07, 6.45) is 2.25. The van der Waals surface area contributed by atoms with E-state index in [1.54, 1.807) is 0 Å². The fourth-order valence-electron chi connectivity index (χ4n) is 0.644. The summed E-state index contributed by atoms with van der Waals surface area (Å²) in [5, 5.41) is 9.25. The molecule has 3 N–H and O–H groups in total. The Kier molecular flexibility index (Phi) is 3.36. The monoisotopic (exact) mass is 145 g/mol. The number of primary amides is 1. The van der Waals surface area contributed by atoms with Gasteiger partial charge in [-0.15, -0.1) is 0 Å². The zero-order chi connectivity index (χ0) is 8.20. The van der Waals surface area contributed by atoms with Crippen molar-refractivity contribution in [3.05, 3.63) is 0 Å². The van der Waals surface area contributed by atoms with Gasteiger partial charge in [-0.05, 0) is 13.3 Å². The molecule has 0 bridgehead atoms. The minimum Gasteiger partial charge on any atom is -0.380 e. The lowest BCUT2D eigenvalue weighted by Gasteiger charge is -2.17. The number of hydrogen-bond donors (Lipinski definition) is 2. The van der Waals surface area contributed by atoms with Crippen LogP contribution in [0.3, 0.4) is 0 Å². The Labute approximate surface area is 61.2 Å². The first-order valence-corrected chi connectivity index (χ1v) is 3.53. The van der Waals surface area contributed by atoms with Crippen LogP contribution in [0.5, 0.6) is 0 Å². The van der Waals surface area contributed by atoms with E-state index in [2.05, 4.69) is 0 Å². The number of hydrogen-bond acceptors (Lipinski definition) is 2. The Morgan fingerprint density at radius 1 is 1.70 bits per heavy atom. The third-order valence-electron chi connectivity index (χ3n) is 1.55. The van der Waals surface area contributed by atoms with Gasteiger partial charge in [0, 0.05) is 0 Å². The molecule has 0 unspecified atom stereocenters. The Morgan fingerprint density at radius 2 is 2.20 bits per heavy atom. The summed E-state index contributed by atoms with van der Waals surface area (Å²) in [6, 6.07) is 0. The van der Waals surface area contributed by atoms with Gasteiger partial charge in [-0.2, -0.15) is 0 Å². The number of unbranched alkanes of at least 4 members (excludes halogenated alkanes) is 1. The molecule has 3 nitrogen and oxygen atoms in total. The van der Waals surface area contributed by atoms with E-state index in [-0.39, 0.29) is 0 Å². The summed E-state index contributed by atoms with van der Waals surface area (Å²) in [4.78, 5) is 10.5. The second kappa shape index (κ2) is 3.56. The third-order valence-corrected chi connectivity index (χ3v) is 1.55. The number of amides is 1. The number of nitrogens with two attached hydrogens (primary N) is 1. The van der Waals surface area contributed by atoms with Crippen molar-refractivity contribution in [1.29, 1.82) is 0 Å². The second-order valence-corrected chi connectivity index (χ2v) is 2.74. The molecule has 0 aliphatic rings. The van der Waals surface area contributed by atoms with Gasteiger partial charge in [0.1, 0.15) is 5.60 Å². The van der Waals surface area contributed by atoms with Crippen LogP contribution in [0.2, 0.25) is 0 Å². The molecule has 0 aliphatic heterocycles. The number of aliphatic hydroxyl groups is 1. The largest absolute Gasteiger partial charge is 0.380 e. The van der Waals surface area contributed by atoms with Crippen molar-refractivity contribution >= 4 is 5.91 Å². The van der Waals surface area contributed by atoms with Gasteiger partial charge >= 0.3 is 0 Å². The van der Waals surface area contributed by atoms with Crippen molar-refractivity contribution in [2.45, 2.75) is 38.7 Å². The van der Waals surface area contributed by atoms with Crippen molar-refractivity contribution in [2.24, 2.45) is 5.73 Å². The highest BCUT2D eigenvalue weighted by Gasteiger charge is 2.25. The highest BCUT2D eigenvalue weighted by molar-refractivity contribution is 5.82. The maximum absolute atomic E-state index is 10.5. The van der Waals surface area contributed by atoms with Crippen LogP contribution in [0.25, 0.3) is 0 Å². The number of carbonyl (C=O) groups is 1. The van der Waals surface area contributed by atoms with Gasteiger partial charge in [-0.25, -0.2) is 0 Å². The Balaban J connectivity index is 3.75. The summed E-state index contributed by atoms with van der Waals surface area (Å²) >= 11 is 0. The van der Waals surface area contributed by atoms with Crippen LogP contribution < -0.4 is 5.73 Å². The standard InChI is InChI=1S/C7H15NO2/c1-3-4-5-7(2,10)6(8)9/h10H,3-5H2,1-2H3,(H2,8,9)/t7-/m1/s1. The van der Waals surface area contributed by atoms with Crippen molar-refractivity contribution in [3.8, 4) is 0 Å². The highest BCUT2D eigenvalue weighted by atomic mass is 16.3. The molecular weight excluding hydrogens is 130 g/mol. The SMILES string of the molecule is CCCC[C@@](C)(O)C(N)=O. The topological polar surface area (TPSA) is 63.3 Å². The molecule has 60 valence electrons. The lowest BCUT2D eigenvalue weighted by Crippen LogP contribution is -2.40. The summed E-state index contributed by atoms with van der Waals surface area (Å²) in [7, 11) is 0. The summed E-state index contributed by atoms with van der Waals surface area (Å²) in [5.41, 5.74) is 3.61. The fraction of sp³-hybridized carbons (Fsp3) is 0.857. The van der Waals surface area contributed by atoms with Gasteiger partial charge in [-0.1, -0.05) is 19.8 Å². The zero-order valence-corrected chi connectivity index (χ0v) is 6.55. The van der Waals surface area contributed by atoms with E-state index >= 15 is 0 Å². The third kappa shape index (κ3) is 2.82. The molecule has 0 rings (SSSR count). The van der Waals surface area contributed by atoms with Crippen LogP contribution in [0.4, 0.5) is 0 Å². The van der Waals surface area contributed by atoms with E-state index in [0.717, 1.165) is 12.8 Å². The van der Waals surface area contributed by atoms with Crippen LogP contribution in [0.15, 0.2) is 0 Å². The van der Waals surface area contributed by atoms with E-state index in [1.807, 2.05) is 6.92 Å². The van der Waals surface area contributed by atoms with Crippen molar-refractivity contribution < 1.29 is 9.90 Å². The zero-order valence-electron chi connectivity index (χ0n) is 6.55. The highest BCUT2D eigenvalue weighted by Crippen LogP contribution is 2.11. The van der Waals surface area contributed by atoms with Gasteiger partial charge in [0.15, 0.2) is 0 Å². The molecule has 0 aliphatic carbocycles. The maximum Gasteiger partial charge on any atom is 0.249 e. The van der Waals surface area contributed by atoms with Crippen LogP contribution >= 0.6 is 0 Å². The summed E-state index contributed by atoms with van der Waals surface area (Å²) in [6.45, 7) is 3.45. The molecule has 3 heteroatoms. The van der Waals surface area contributed by atoms with Gasteiger partial charge in [0.2, 0.25) is 5.91 Å². The summed E-state index contributed by atoms with van der Waals surface area (Å²) < 4.78 is 0. The Morgan fingerprint density at radius 3 is 2.50 bits per heavy atom. The average Bonchev–Trinajstić information content (AvgIpc) is 1.84. The van der Waals surface area contributed by atoms with Crippen LogP contribution in [0, 0.1) is 0 Å². The lowest BCUT2D eigenvalue weighted by atomic mass is 9.99. The molecule has 0 aromatic heterocycles. The van der Waals surface area contributed by atoms with E-state index in [0.29, 0.717) is 6.42 Å². The number of rotatable bonds is 4. The molecule has 0 aromatic rings. The molecular formula is C7H15NO2. The smallest absolute Gasteiger partial charge is 0.249 e. The van der Waals surface area contributed by atoms with Gasteiger partial charge in [0.25, 0.3) is 0 Å². The van der Waals surface area contributed by atoms with Gasteiger partial charge in [0.05, 0.1) is 0 Å². The van der Waals surface area contributed by atoms with E-state index in [4.69, 9.17) is 5.73 Å². The quantitative estimate of drug-likeness (QED) is 0.602. The molecule has 0 saturated carbocycles. The molecule has 0 saturated heterocycles. The molecule has 0 spiro atoms. The van der Waals surface area contributed by atoms with Gasteiger partial charge < -0.3 is 10.8 Å². The molecule has 10 heavy (non-hydrogen) atoms. The van der Waals surface area contributed by atoms with Crippen molar-refractivity contribution in [2.75, 3.05) is 0 Å². The van der Waals surface area contributed by atoms with Crippen LogP contribution in [0.1, 0.15) is 33.1 Å². The van der Waals surface area contributed by atoms with E-state index in [9.17, 15) is 9.90 Å². The summed E-state index contributed by atoms with van der Waals surface area (Å²) in [5.74, 6) is -0.638. The Hall–Kier alpha value is -0.570. The first-order chi connectivity index (χ1) is 4.50. The predicted octanol–water partition coefficient (Wildman–Crippen LogP) is 0.413. The van der Waals surface area contributed by atoms with Crippen LogP contribution in [-0.4, -0.2) is 16.6 Å². The van der Waals surface area contributed by atoms with E-state index in [1.165, 1.54) is 6.92 Å². The fourth-order valence-corrected chi connectivity index (χ4v) is 0.644. The molecule has 0 heterocycles. The first kappa shape index (κ1) is 9.43. The predicted molar refractivity (Wildman–Crippen MR) is 39.3 cm³/mol. The normalized spacial score (nSPS) is 16.3. The molecule has 1 atom stereocenters. The molecule has 1 amide bonds. The van der Waals surface area contributed by atoms with Gasteiger partial charge in [-0.3, -0.25) is 4.79 Å². The van der Waals surface area contributed by atoms with E-state index < -0.39 is 11.5 Å². The number of carbonyl (C=O) groups excluding carboxylic acids is 1. The molecule has 0 radical (unpaired) electrons. The maximum atomic E-state index is 10.5. The average molecular weight is 145 g/mol. The first-order valence-electron chi connectivity index (χ1n) is 3.53. The second-order valence-electron chi connectivity index (χ2n) is 2.74. The van der Waals surface area contributed by atoms with Crippen molar-refractivity contribution in [3.63, 3.8) is 0 Å². The minimum absolute atomic E-state index is 0.457. The van der Waals surface area contributed by atoms with Crippen molar-refractivity contribution in [1.82, 2.24) is 0 Å². The Bertz CT molecular complexity index is 121. The molecule has 0 aromatic carbocycles.